The van der Waals surface area contributed by atoms with Crippen molar-refractivity contribution >= 4 is 24.2 Å². The van der Waals surface area contributed by atoms with Gasteiger partial charge in [0.15, 0.2) is 11.5 Å². The number of rotatable bonds is 12. The molecule has 0 aliphatic heterocycles. The van der Waals surface area contributed by atoms with Gasteiger partial charge in [0.05, 0.1) is 6.61 Å². The Hall–Kier alpha value is -2.29. The molecule has 0 fully saturated rings. The van der Waals surface area contributed by atoms with Crippen LogP contribution in [0.15, 0.2) is 47.6 Å². The van der Waals surface area contributed by atoms with Gasteiger partial charge in [-0.25, -0.2) is 4.68 Å². The van der Waals surface area contributed by atoms with Crippen molar-refractivity contribution in [2.24, 2.45) is 7.05 Å². The van der Waals surface area contributed by atoms with Gasteiger partial charge >= 0.3 is 0 Å². The molecule has 0 radical (unpaired) electrons. The van der Waals surface area contributed by atoms with Gasteiger partial charge in [0, 0.05) is 24.9 Å². The van der Waals surface area contributed by atoms with E-state index in [9.17, 15) is 0 Å². The molecule has 1 N–H and O–H groups in total. The van der Waals surface area contributed by atoms with Gasteiger partial charge in [-0.3, -0.25) is 0 Å². The molecule has 168 valence electrons. The average molecular weight is 464 g/mol. The van der Waals surface area contributed by atoms with Crippen molar-refractivity contribution in [2.45, 2.75) is 38.6 Å². The minimum absolute atomic E-state index is 0. The second-order valence-electron chi connectivity index (χ2n) is 6.92. The topological polar surface area (TPSA) is 74.1 Å². The molecule has 0 aliphatic carbocycles. The maximum absolute atomic E-state index is 6.19. The van der Waals surface area contributed by atoms with Gasteiger partial charge in [0.1, 0.15) is 6.61 Å². The van der Waals surface area contributed by atoms with Crippen LogP contribution in [0.3, 0.4) is 0 Å². The van der Waals surface area contributed by atoms with Crippen LogP contribution >= 0.6 is 24.2 Å². The largest absolute Gasteiger partial charge is 0.490 e. The fraction of sp³-hybridized carbons (Fsp3) is 0.409. The molecular weight excluding hydrogens is 434 g/mol. The minimum Gasteiger partial charge on any atom is -0.490 e. The Kier molecular flexibility index (Phi) is 10.6. The number of aryl methyl sites for hydroxylation is 2. The first kappa shape index (κ1) is 25.0. The Labute approximate surface area is 194 Å². The van der Waals surface area contributed by atoms with E-state index in [1.54, 1.807) is 16.4 Å². The summed E-state index contributed by atoms with van der Waals surface area (Å²) in [5.41, 5.74) is 3.48. The fourth-order valence-corrected chi connectivity index (χ4v) is 3.69. The van der Waals surface area contributed by atoms with E-state index in [0.717, 1.165) is 53.0 Å². The summed E-state index contributed by atoms with van der Waals surface area (Å²) in [4.78, 5) is 0. The first-order chi connectivity index (χ1) is 14.7. The Bertz CT molecular complexity index is 921. The Morgan fingerprint density at radius 1 is 1.10 bits per heavy atom. The highest BCUT2D eigenvalue weighted by Crippen LogP contribution is 2.32. The van der Waals surface area contributed by atoms with Gasteiger partial charge in [-0.2, -0.15) is 0 Å². The first-order valence-corrected chi connectivity index (χ1v) is 11.1. The van der Waals surface area contributed by atoms with Gasteiger partial charge in [-0.05, 0) is 48.9 Å². The predicted octanol–water partition coefficient (Wildman–Crippen LogP) is 4.19. The van der Waals surface area contributed by atoms with E-state index < -0.39 is 0 Å². The minimum atomic E-state index is 0. The number of nitrogens with one attached hydrogen (secondary N) is 1. The molecule has 7 nitrogen and oxygen atoms in total. The van der Waals surface area contributed by atoms with Crippen LogP contribution in [0.5, 0.6) is 11.5 Å². The Morgan fingerprint density at radius 3 is 2.61 bits per heavy atom. The second-order valence-corrected chi connectivity index (χ2v) is 7.98. The lowest BCUT2D eigenvalue weighted by Crippen LogP contribution is -2.16. The highest BCUT2D eigenvalue weighted by atomic mass is 35.5. The summed E-state index contributed by atoms with van der Waals surface area (Å²) in [5, 5.41) is 15.8. The lowest BCUT2D eigenvalue weighted by molar-refractivity contribution is 0.266. The first-order valence-electron chi connectivity index (χ1n) is 10.2. The maximum atomic E-state index is 6.19. The summed E-state index contributed by atoms with van der Waals surface area (Å²) >= 11 is 1.66. The van der Waals surface area contributed by atoms with E-state index in [1.165, 1.54) is 5.56 Å². The second kappa shape index (κ2) is 13.2. The van der Waals surface area contributed by atoms with E-state index in [0.29, 0.717) is 13.2 Å². The molecule has 3 rings (SSSR count). The zero-order valence-corrected chi connectivity index (χ0v) is 19.8. The molecule has 1 aromatic heterocycles. The fourth-order valence-electron chi connectivity index (χ4n) is 2.90. The lowest BCUT2D eigenvalue weighted by Gasteiger charge is -2.16. The number of ether oxygens (including phenoxy) is 2. The molecule has 31 heavy (non-hydrogen) atoms. The molecule has 1 heterocycles. The molecule has 0 atom stereocenters. The lowest BCUT2D eigenvalue weighted by atomic mass is 10.1. The average Bonchev–Trinajstić information content (AvgIpc) is 3.16. The van der Waals surface area contributed by atoms with E-state index in [4.69, 9.17) is 9.47 Å². The van der Waals surface area contributed by atoms with Crippen molar-refractivity contribution in [2.75, 3.05) is 18.9 Å². The van der Waals surface area contributed by atoms with Crippen LogP contribution in [0, 0.1) is 6.92 Å². The summed E-state index contributed by atoms with van der Waals surface area (Å²) in [6.07, 6.45) is 1.02. The number of nitrogens with zero attached hydrogens (tertiary/aromatic N) is 4. The van der Waals surface area contributed by atoms with Gasteiger partial charge in [0.2, 0.25) is 5.16 Å². The van der Waals surface area contributed by atoms with Crippen molar-refractivity contribution in [3.05, 3.63) is 59.2 Å². The van der Waals surface area contributed by atoms with Crippen LogP contribution in [0.4, 0.5) is 0 Å². The van der Waals surface area contributed by atoms with E-state index >= 15 is 0 Å². The predicted molar refractivity (Wildman–Crippen MR) is 126 cm³/mol. The smallest absolute Gasteiger partial charge is 0.209 e. The molecule has 0 amide bonds. The SMILES string of the molecule is CCOc1cccc(CNCCCSc2nnnn2C)c1OCc1ccc(C)cc1.Cl. The zero-order valence-electron chi connectivity index (χ0n) is 18.2. The van der Waals surface area contributed by atoms with Gasteiger partial charge < -0.3 is 14.8 Å². The standard InChI is InChI=1S/C22H29N5O2S.ClH/c1-4-28-20-8-5-7-19(21(20)29-16-18-11-9-17(2)10-12-18)15-23-13-6-14-30-22-24-25-26-27(22)3;/h5,7-12,23H,4,6,13-16H2,1-3H3;1H. The number of benzene rings is 2. The van der Waals surface area contributed by atoms with E-state index in [-0.39, 0.29) is 12.4 Å². The summed E-state index contributed by atoms with van der Waals surface area (Å²) in [6.45, 7) is 6.81. The molecule has 0 unspecified atom stereocenters. The quantitative estimate of drug-likeness (QED) is 0.319. The number of halogens is 1. The van der Waals surface area contributed by atoms with Crippen molar-refractivity contribution in [1.29, 1.82) is 0 Å². The molecule has 0 bridgehead atoms. The monoisotopic (exact) mass is 463 g/mol. The maximum Gasteiger partial charge on any atom is 0.209 e. The third-order valence-corrected chi connectivity index (χ3v) is 5.59. The summed E-state index contributed by atoms with van der Waals surface area (Å²) in [7, 11) is 1.85. The highest BCUT2D eigenvalue weighted by molar-refractivity contribution is 7.99. The highest BCUT2D eigenvalue weighted by Gasteiger charge is 2.11. The Morgan fingerprint density at radius 2 is 1.90 bits per heavy atom. The molecule has 2 aromatic carbocycles. The van der Waals surface area contributed by atoms with Crippen LogP contribution in [0.25, 0.3) is 0 Å². The number of para-hydroxylation sites is 1. The summed E-state index contributed by atoms with van der Waals surface area (Å²) in [6, 6.07) is 14.5. The van der Waals surface area contributed by atoms with Crippen molar-refractivity contribution < 1.29 is 9.47 Å². The normalized spacial score (nSPS) is 10.5. The number of hydrogen-bond acceptors (Lipinski definition) is 7. The molecule has 9 heteroatoms. The zero-order chi connectivity index (χ0) is 21.2. The van der Waals surface area contributed by atoms with Gasteiger partial charge in [-0.15, -0.1) is 17.5 Å². The van der Waals surface area contributed by atoms with E-state index in [1.807, 2.05) is 26.1 Å². The Balaban J connectivity index is 0.00000341. The van der Waals surface area contributed by atoms with Gasteiger partial charge in [0.25, 0.3) is 0 Å². The summed E-state index contributed by atoms with van der Waals surface area (Å²) in [5.74, 6) is 2.55. The molecule has 0 saturated carbocycles. The van der Waals surface area contributed by atoms with Crippen LogP contribution in [-0.4, -0.2) is 39.1 Å². The number of thioether (sulfide) groups is 1. The summed E-state index contributed by atoms with van der Waals surface area (Å²) < 4.78 is 13.7. The van der Waals surface area contributed by atoms with Gasteiger partial charge in [-0.1, -0.05) is 53.7 Å². The van der Waals surface area contributed by atoms with Crippen LogP contribution in [0.1, 0.15) is 30.0 Å². The molecular formula is C22H30ClN5O2S. The number of aromatic nitrogens is 4. The number of hydrogen-bond donors (Lipinski definition) is 1. The van der Waals surface area contributed by atoms with Crippen LogP contribution in [-0.2, 0) is 20.2 Å². The van der Waals surface area contributed by atoms with Crippen LogP contribution in [0.2, 0.25) is 0 Å². The number of tetrazole rings is 1. The van der Waals surface area contributed by atoms with Crippen molar-refractivity contribution in [1.82, 2.24) is 25.5 Å². The van der Waals surface area contributed by atoms with Crippen LogP contribution < -0.4 is 14.8 Å². The third-order valence-electron chi connectivity index (χ3n) is 4.49. The van der Waals surface area contributed by atoms with Crippen molar-refractivity contribution in [3.8, 4) is 11.5 Å². The third kappa shape index (κ3) is 7.72. The molecule has 0 spiro atoms. The molecule has 0 aliphatic rings. The molecule has 0 saturated heterocycles. The van der Waals surface area contributed by atoms with E-state index in [2.05, 4.69) is 58.1 Å². The van der Waals surface area contributed by atoms with Crippen molar-refractivity contribution in [3.63, 3.8) is 0 Å². The molecule has 3 aromatic rings.